The van der Waals surface area contributed by atoms with Gasteiger partial charge in [-0.15, -0.1) is 0 Å². The van der Waals surface area contributed by atoms with Gasteiger partial charge in [0.25, 0.3) is 0 Å². The SMILES string of the molecule is NCCCCC(=O)Nc1ccccn1. The van der Waals surface area contributed by atoms with E-state index >= 15 is 0 Å². The number of nitrogens with zero attached hydrogens (tertiary/aromatic N) is 1. The molecule has 0 aliphatic carbocycles. The van der Waals surface area contributed by atoms with E-state index in [0.717, 1.165) is 12.8 Å². The number of nitrogens with one attached hydrogen (secondary N) is 1. The van der Waals surface area contributed by atoms with E-state index in [1.54, 1.807) is 12.3 Å². The summed E-state index contributed by atoms with van der Waals surface area (Å²) in [7, 11) is 0. The second-order valence-electron chi connectivity index (χ2n) is 3.01. The molecular formula is C10H15N3O. The maximum absolute atomic E-state index is 11.3. The molecule has 1 rings (SSSR count). The number of aromatic nitrogens is 1. The number of rotatable bonds is 5. The van der Waals surface area contributed by atoms with Gasteiger partial charge in [-0.2, -0.15) is 0 Å². The molecule has 0 spiro atoms. The molecule has 14 heavy (non-hydrogen) atoms. The fraction of sp³-hybridized carbons (Fsp3) is 0.400. The average molecular weight is 193 g/mol. The molecule has 1 aromatic heterocycles. The quantitative estimate of drug-likeness (QED) is 0.689. The van der Waals surface area contributed by atoms with Crippen LogP contribution in [-0.2, 0) is 4.79 Å². The van der Waals surface area contributed by atoms with Gasteiger partial charge in [0.15, 0.2) is 0 Å². The number of nitrogens with two attached hydrogens (primary N) is 1. The second kappa shape index (κ2) is 6.10. The highest BCUT2D eigenvalue weighted by Gasteiger charge is 2.01. The monoisotopic (exact) mass is 193 g/mol. The van der Waals surface area contributed by atoms with Gasteiger partial charge in [0, 0.05) is 12.6 Å². The lowest BCUT2D eigenvalue weighted by atomic mass is 10.2. The summed E-state index contributed by atoms with van der Waals surface area (Å²) in [6.45, 7) is 0.636. The molecule has 0 bridgehead atoms. The zero-order valence-electron chi connectivity index (χ0n) is 8.07. The molecule has 3 N–H and O–H groups in total. The standard InChI is InChI=1S/C10H15N3O/c11-7-3-1-6-10(14)13-9-5-2-4-8-12-9/h2,4-5,8H,1,3,6-7,11H2,(H,12,13,14). The van der Waals surface area contributed by atoms with Crippen LogP contribution in [-0.4, -0.2) is 17.4 Å². The lowest BCUT2D eigenvalue weighted by Crippen LogP contribution is -2.12. The Labute approximate surface area is 83.5 Å². The summed E-state index contributed by atoms with van der Waals surface area (Å²) < 4.78 is 0. The van der Waals surface area contributed by atoms with Crippen molar-refractivity contribution in [2.45, 2.75) is 19.3 Å². The van der Waals surface area contributed by atoms with Crippen LogP contribution in [0.15, 0.2) is 24.4 Å². The van der Waals surface area contributed by atoms with Crippen LogP contribution >= 0.6 is 0 Å². The first-order valence-electron chi connectivity index (χ1n) is 4.74. The molecule has 1 amide bonds. The van der Waals surface area contributed by atoms with E-state index < -0.39 is 0 Å². The number of carbonyl (C=O) groups is 1. The number of hydrogen-bond acceptors (Lipinski definition) is 3. The van der Waals surface area contributed by atoms with E-state index in [9.17, 15) is 4.79 Å². The summed E-state index contributed by atoms with van der Waals surface area (Å²) in [4.78, 5) is 15.3. The van der Waals surface area contributed by atoms with Crippen molar-refractivity contribution in [1.29, 1.82) is 0 Å². The van der Waals surface area contributed by atoms with E-state index in [1.165, 1.54) is 0 Å². The Balaban J connectivity index is 2.27. The van der Waals surface area contributed by atoms with Crippen molar-refractivity contribution in [2.75, 3.05) is 11.9 Å². The van der Waals surface area contributed by atoms with Gasteiger partial charge in [-0.3, -0.25) is 4.79 Å². The molecule has 4 nitrogen and oxygen atoms in total. The minimum absolute atomic E-state index is 0.00264. The second-order valence-corrected chi connectivity index (χ2v) is 3.01. The Kier molecular flexibility index (Phi) is 4.64. The van der Waals surface area contributed by atoms with Crippen LogP contribution in [0.1, 0.15) is 19.3 Å². The molecule has 0 aromatic carbocycles. The highest BCUT2D eigenvalue weighted by molar-refractivity contribution is 5.89. The third-order valence-corrected chi connectivity index (χ3v) is 1.79. The van der Waals surface area contributed by atoms with Crippen molar-refractivity contribution in [1.82, 2.24) is 4.98 Å². The molecule has 4 heteroatoms. The Hall–Kier alpha value is -1.42. The molecule has 0 saturated carbocycles. The van der Waals surface area contributed by atoms with Crippen LogP contribution in [0.25, 0.3) is 0 Å². The molecule has 0 aliphatic rings. The van der Waals surface area contributed by atoms with Gasteiger partial charge in [-0.05, 0) is 31.5 Å². The summed E-state index contributed by atoms with van der Waals surface area (Å²) >= 11 is 0. The topological polar surface area (TPSA) is 68.0 Å². The van der Waals surface area contributed by atoms with E-state index in [1.807, 2.05) is 12.1 Å². The van der Waals surface area contributed by atoms with Crippen LogP contribution in [0.5, 0.6) is 0 Å². The van der Waals surface area contributed by atoms with Crippen molar-refractivity contribution < 1.29 is 4.79 Å². The van der Waals surface area contributed by atoms with Gasteiger partial charge < -0.3 is 11.1 Å². The highest BCUT2D eigenvalue weighted by atomic mass is 16.1. The summed E-state index contributed by atoms with van der Waals surface area (Å²) in [6.07, 6.45) is 3.87. The first-order chi connectivity index (χ1) is 6.83. The molecule has 0 atom stereocenters. The Morgan fingerprint density at radius 3 is 2.93 bits per heavy atom. The van der Waals surface area contributed by atoms with Gasteiger partial charge in [0.1, 0.15) is 5.82 Å². The van der Waals surface area contributed by atoms with Gasteiger partial charge in [0.2, 0.25) is 5.91 Å². The number of amides is 1. The lowest BCUT2D eigenvalue weighted by molar-refractivity contribution is -0.116. The minimum atomic E-state index is -0.00264. The van der Waals surface area contributed by atoms with Crippen LogP contribution in [0, 0.1) is 0 Å². The maximum Gasteiger partial charge on any atom is 0.225 e. The molecule has 0 saturated heterocycles. The molecule has 0 aliphatic heterocycles. The first-order valence-corrected chi connectivity index (χ1v) is 4.74. The Morgan fingerprint density at radius 1 is 1.43 bits per heavy atom. The summed E-state index contributed by atoms with van der Waals surface area (Å²) in [6, 6.07) is 5.41. The van der Waals surface area contributed by atoms with Crippen molar-refractivity contribution >= 4 is 11.7 Å². The molecule has 76 valence electrons. The fourth-order valence-corrected chi connectivity index (χ4v) is 1.07. The van der Waals surface area contributed by atoms with Crippen LogP contribution < -0.4 is 11.1 Å². The molecule has 0 unspecified atom stereocenters. The first kappa shape index (κ1) is 10.7. The fourth-order valence-electron chi connectivity index (χ4n) is 1.07. The summed E-state index contributed by atoms with van der Waals surface area (Å²) in [5.41, 5.74) is 5.32. The molecular weight excluding hydrogens is 178 g/mol. The van der Waals surface area contributed by atoms with E-state index in [0.29, 0.717) is 18.8 Å². The highest BCUT2D eigenvalue weighted by Crippen LogP contribution is 2.02. The molecule has 1 aromatic rings. The van der Waals surface area contributed by atoms with E-state index in [-0.39, 0.29) is 5.91 Å². The Morgan fingerprint density at radius 2 is 2.29 bits per heavy atom. The maximum atomic E-state index is 11.3. The Bertz CT molecular complexity index is 274. The number of unbranched alkanes of at least 4 members (excludes halogenated alkanes) is 1. The largest absolute Gasteiger partial charge is 0.330 e. The summed E-state index contributed by atoms with van der Waals surface area (Å²) in [5, 5.41) is 2.71. The number of carbonyl (C=O) groups excluding carboxylic acids is 1. The van der Waals surface area contributed by atoms with Crippen molar-refractivity contribution in [3.05, 3.63) is 24.4 Å². The third-order valence-electron chi connectivity index (χ3n) is 1.79. The zero-order chi connectivity index (χ0) is 10.2. The van der Waals surface area contributed by atoms with E-state index in [4.69, 9.17) is 5.73 Å². The van der Waals surface area contributed by atoms with Crippen molar-refractivity contribution in [2.24, 2.45) is 5.73 Å². The number of pyridine rings is 1. The van der Waals surface area contributed by atoms with Crippen LogP contribution in [0.2, 0.25) is 0 Å². The minimum Gasteiger partial charge on any atom is -0.330 e. The van der Waals surface area contributed by atoms with Gasteiger partial charge in [0.05, 0.1) is 0 Å². The van der Waals surface area contributed by atoms with Crippen molar-refractivity contribution in [3.8, 4) is 0 Å². The van der Waals surface area contributed by atoms with Crippen molar-refractivity contribution in [3.63, 3.8) is 0 Å². The van der Waals surface area contributed by atoms with Gasteiger partial charge >= 0.3 is 0 Å². The van der Waals surface area contributed by atoms with Crippen LogP contribution in [0.4, 0.5) is 5.82 Å². The predicted octanol–water partition coefficient (Wildman–Crippen LogP) is 1.15. The molecule has 0 radical (unpaired) electrons. The molecule has 0 fully saturated rings. The number of anilines is 1. The summed E-state index contributed by atoms with van der Waals surface area (Å²) in [5.74, 6) is 0.599. The van der Waals surface area contributed by atoms with E-state index in [2.05, 4.69) is 10.3 Å². The average Bonchev–Trinajstić information content (AvgIpc) is 2.20. The van der Waals surface area contributed by atoms with Gasteiger partial charge in [-0.25, -0.2) is 4.98 Å². The van der Waals surface area contributed by atoms with Gasteiger partial charge in [-0.1, -0.05) is 6.07 Å². The normalized spacial score (nSPS) is 9.79. The van der Waals surface area contributed by atoms with Crippen LogP contribution in [0.3, 0.4) is 0 Å². The number of hydrogen-bond donors (Lipinski definition) is 2. The molecule has 1 heterocycles. The lowest BCUT2D eigenvalue weighted by Gasteiger charge is -2.02. The smallest absolute Gasteiger partial charge is 0.225 e. The zero-order valence-corrected chi connectivity index (χ0v) is 8.07. The predicted molar refractivity (Wildman–Crippen MR) is 55.8 cm³/mol. The third kappa shape index (κ3) is 4.00.